The van der Waals surface area contributed by atoms with Crippen molar-refractivity contribution < 1.29 is 9.47 Å². The topological polar surface area (TPSA) is 57.4 Å². The van der Waals surface area contributed by atoms with Gasteiger partial charge in [-0.2, -0.15) is 0 Å². The normalized spacial score (nSPS) is 12.1. The van der Waals surface area contributed by atoms with E-state index in [0.717, 1.165) is 15.6 Å². The third-order valence-electron chi connectivity index (χ3n) is 2.26. The first-order chi connectivity index (χ1) is 7.55. The van der Waals surface area contributed by atoms with Crippen LogP contribution in [0.4, 0.5) is 0 Å². The molecule has 1 aromatic heterocycles. The van der Waals surface area contributed by atoms with Gasteiger partial charge in [0.2, 0.25) is 0 Å². The van der Waals surface area contributed by atoms with E-state index in [9.17, 15) is 0 Å². The van der Waals surface area contributed by atoms with Crippen LogP contribution in [-0.4, -0.2) is 18.7 Å². The van der Waals surface area contributed by atoms with Crippen LogP contribution in [0.25, 0.3) is 0 Å². The van der Waals surface area contributed by atoms with Crippen LogP contribution in [0.15, 0.2) is 0 Å². The molecule has 0 aliphatic rings. The highest BCUT2D eigenvalue weighted by Gasteiger charge is 2.26. The van der Waals surface area contributed by atoms with Crippen LogP contribution >= 0.6 is 11.3 Å². The standard InChI is InChI=1S/C11H20N2O2S/c1-5-15-11(2,3)10-13-8(7-14-4)9(6-12)16-10/h5-7,12H2,1-4H3. The lowest BCUT2D eigenvalue weighted by molar-refractivity contribution is -0.0143. The number of thiazole rings is 1. The molecule has 1 aromatic rings. The molecule has 0 unspecified atom stereocenters. The number of nitrogens with two attached hydrogens (primary N) is 1. The SMILES string of the molecule is CCOC(C)(C)c1nc(COC)c(CN)s1. The molecule has 0 aliphatic carbocycles. The molecule has 0 spiro atoms. The van der Waals surface area contributed by atoms with Crippen molar-refractivity contribution >= 4 is 11.3 Å². The third-order valence-corrected chi connectivity index (χ3v) is 3.69. The predicted molar refractivity (Wildman–Crippen MR) is 65.4 cm³/mol. The number of hydrogen-bond acceptors (Lipinski definition) is 5. The van der Waals surface area contributed by atoms with Gasteiger partial charge in [0.05, 0.1) is 12.3 Å². The van der Waals surface area contributed by atoms with E-state index in [4.69, 9.17) is 15.2 Å². The Morgan fingerprint density at radius 3 is 2.62 bits per heavy atom. The second kappa shape index (κ2) is 5.72. The summed E-state index contributed by atoms with van der Waals surface area (Å²) >= 11 is 1.61. The number of methoxy groups -OCH3 is 1. The Hall–Kier alpha value is -0.490. The van der Waals surface area contributed by atoms with E-state index in [1.807, 2.05) is 20.8 Å². The van der Waals surface area contributed by atoms with Crippen molar-refractivity contribution in [2.75, 3.05) is 13.7 Å². The monoisotopic (exact) mass is 244 g/mol. The van der Waals surface area contributed by atoms with E-state index in [1.165, 1.54) is 0 Å². The molecule has 4 nitrogen and oxygen atoms in total. The molecule has 1 heterocycles. The number of nitrogens with zero attached hydrogens (tertiary/aromatic N) is 1. The van der Waals surface area contributed by atoms with Crippen LogP contribution in [-0.2, 0) is 28.2 Å². The quantitative estimate of drug-likeness (QED) is 0.831. The average Bonchev–Trinajstić information content (AvgIpc) is 2.62. The van der Waals surface area contributed by atoms with Crippen molar-refractivity contribution in [3.8, 4) is 0 Å². The molecule has 0 aliphatic heterocycles. The van der Waals surface area contributed by atoms with E-state index in [1.54, 1.807) is 18.4 Å². The Bertz CT molecular complexity index is 337. The average molecular weight is 244 g/mol. The number of aromatic nitrogens is 1. The Balaban J connectivity index is 2.97. The van der Waals surface area contributed by atoms with Crippen molar-refractivity contribution in [2.45, 2.75) is 39.5 Å². The van der Waals surface area contributed by atoms with E-state index in [-0.39, 0.29) is 5.60 Å². The van der Waals surface area contributed by atoms with Crippen molar-refractivity contribution in [1.82, 2.24) is 4.98 Å². The highest BCUT2D eigenvalue weighted by atomic mass is 32.1. The molecule has 0 saturated heterocycles. The Morgan fingerprint density at radius 2 is 2.12 bits per heavy atom. The van der Waals surface area contributed by atoms with Crippen molar-refractivity contribution in [2.24, 2.45) is 5.73 Å². The molecule has 92 valence electrons. The van der Waals surface area contributed by atoms with Gasteiger partial charge in [-0.25, -0.2) is 4.98 Å². The first kappa shape index (κ1) is 13.6. The van der Waals surface area contributed by atoms with Crippen LogP contribution < -0.4 is 5.73 Å². The summed E-state index contributed by atoms with van der Waals surface area (Å²) in [6.45, 7) is 7.70. The lowest BCUT2D eigenvalue weighted by Crippen LogP contribution is -2.21. The lowest BCUT2D eigenvalue weighted by atomic mass is 10.1. The largest absolute Gasteiger partial charge is 0.378 e. The molecule has 16 heavy (non-hydrogen) atoms. The van der Waals surface area contributed by atoms with Crippen molar-refractivity contribution in [3.05, 3.63) is 15.6 Å². The molecule has 1 rings (SSSR count). The molecule has 0 fully saturated rings. The van der Waals surface area contributed by atoms with Gasteiger partial charge in [0.1, 0.15) is 10.6 Å². The first-order valence-electron chi connectivity index (χ1n) is 5.37. The summed E-state index contributed by atoms with van der Waals surface area (Å²) in [5, 5.41) is 0.960. The second-order valence-corrected chi connectivity index (χ2v) is 5.05. The molecule has 0 aromatic carbocycles. The highest BCUT2D eigenvalue weighted by molar-refractivity contribution is 7.11. The van der Waals surface area contributed by atoms with Gasteiger partial charge >= 0.3 is 0 Å². The molecule has 0 radical (unpaired) electrons. The predicted octanol–water partition coefficient (Wildman–Crippen LogP) is 2.02. The van der Waals surface area contributed by atoms with Gasteiger partial charge in [0, 0.05) is 25.1 Å². The molecule has 0 atom stereocenters. The molecular formula is C11H20N2O2S. The highest BCUT2D eigenvalue weighted by Crippen LogP contribution is 2.31. The van der Waals surface area contributed by atoms with E-state index in [0.29, 0.717) is 19.8 Å². The first-order valence-corrected chi connectivity index (χ1v) is 6.18. The summed E-state index contributed by atoms with van der Waals surface area (Å²) < 4.78 is 10.8. The van der Waals surface area contributed by atoms with Crippen molar-refractivity contribution in [3.63, 3.8) is 0 Å². The minimum Gasteiger partial charge on any atom is -0.378 e. The fourth-order valence-electron chi connectivity index (χ4n) is 1.47. The minimum atomic E-state index is -0.352. The van der Waals surface area contributed by atoms with Gasteiger partial charge in [0.15, 0.2) is 0 Å². The Kier molecular flexibility index (Phi) is 4.86. The summed E-state index contributed by atoms with van der Waals surface area (Å²) in [4.78, 5) is 5.62. The third kappa shape index (κ3) is 3.01. The van der Waals surface area contributed by atoms with Crippen LogP contribution in [0.2, 0.25) is 0 Å². The van der Waals surface area contributed by atoms with Crippen LogP contribution in [0.5, 0.6) is 0 Å². The molecular weight excluding hydrogens is 224 g/mol. The molecule has 0 amide bonds. The fraction of sp³-hybridized carbons (Fsp3) is 0.727. The molecule has 5 heteroatoms. The smallest absolute Gasteiger partial charge is 0.125 e. The van der Waals surface area contributed by atoms with Crippen LogP contribution in [0.1, 0.15) is 36.3 Å². The summed E-state index contributed by atoms with van der Waals surface area (Å²) in [5.41, 5.74) is 6.26. The lowest BCUT2D eigenvalue weighted by Gasteiger charge is -2.21. The van der Waals surface area contributed by atoms with Gasteiger partial charge in [-0.3, -0.25) is 0 Å². The number of hydrogen-bond donors (Lipinski definition) is 1. The summed E-state index contributed by atoms with van der Waals surface area (Å²) in [6.07, 6.45) is 0. The minimum absolute atomic E-state index is 0.352. The maximum absolute atomic E-state index is 5.69. The van der Waals surface area contributed by atoms with E-state index >= 15 is 0 Å². The second-order valence-electron chi connectivity index (χ2n) is 3.97. The summed E-state index contributed by atoms with van der Waals surface area (Å²) in [7, 11) is 1.66. The van der Waals surface area contributed by atoms with E-state index < -0.39 is 0 Å². The molecule has 0 saturated carbocycles. The van der Waals surface area contributed by atoms with Gasteiger partial charge in [-0.05, 0) is 20.8 Å². The maximum atomic E-state index is 5.69. The zero-order valence-electron chi connectivity index (χ0n) is 10.4. The van der Waals surface area contributed by atoms with Crippen molar-refractivity contribution in [1.29, 1.82) is 0 Å². The Morgan fingerprint density at radius 1 is 1.44 bits per heavy atom. The zero-order valence-corrected chi connectivity index (χ0v) is 11.2. The zero-order chi connectivity index (χ0) is 12.2. The molecule has 0 bridgehead atoms. The van der Waals surface area contributed by atoms with Crippen LogP contribution in [0, 0.1) is 0 Å². The number of ether oxygens (including phenoxy) is 2. The van der Waals surface area contributed by atoms with Gasteiger partial charge in [-0.1, -0.05) is 0 Å². The van der Waals surface area contributed by atoms with Gasteiger partial charge in [-0.15, -0.1) is 11.3 Å². The van der Waals surface area contributed by atoms with Gasteiger partial charge < -0.3 is 15.2 Å². The number of rotatable bonds is 6. The summed E-state index contributed by atoms with van der Waals surface area (Å²) in [6, 6.07) is 0. The van der Waals surface area contributed by atoms with Crippen LogP contribution in [0.3, 0.4) is 0 Å². The van der Waals surface area contributed by atoms with Gasteiger partial charge in [0.25, 0.3) is 0 Å². The summed E-state index contributed by atoms with van der Waals surface area (Å²) in [5.74, 6) is 0. The molecule has 2 N–H and O–H groups in total. The fourth-order valence-corrected chi connectivity index (χ4v) is 2.47. The van der Waals surface area contributed by atoms with E-state index in [2.05, 4.69) is 4.98 Å². The maximum Gasteiger partial charge on any atom is 0.125 e. The Labute approximate surface area is 101 Å².